The van der Waals surface area contributed by atoms with Crippen molar-refractivity contribution in [2.45, 2.75) is 0 Å². The number of aromatic amines is 1. The molecule has 0 atom stereocenters. The van der Waals surface area contributed by atoms with E-state index in [-0.39, 0.29) is 24.8 Å². The largest absolute Gasteiger partial charge is 0.367 e. The Bertz CT molecular complexity index is 466. The Morgan fingerprint density at radius 3 is 2.59 bits per heavy atom. The molecule has 2 aromatic rings. The van der Waals surface area contributed by atoms with E-state index in [0.29, 0.717) is 0 Å². The SMILES string of the molecule is Cl.Cl.c1cc(N2CCNCC2)c2n[nH]nc2c1. The van der Waals surface area contributed by atoms with Crippen molar-refractivity contribution in [1.29, 1.82) is 0 Å². The van der Waals surface area contributed by atoms with Gasteiger partial charge in [0.25, 0.3) is 0 Å². The minimum atomic E-state index is 0. The van der Waals surface area contributed by atoms with E-state index in [1.54, 1.807) is 0 Å². The number of H-pyrrole nitrogens is 1. The highest BCUT2D eigenvalue weighted by Crippen LogP contribution is 2.23. The lowest BCUT2D eigenvalue weighted by Crippen LogP contribution is -2.43. The molecule has 1 fully saturated rings. The summed E-state index contributed by atoms with van der Waals surface area (Å²) in [5, 5.41) is 14.3. The smallest absolute Gasteiger partial charge is 0.136 e. The zero-order chi connectivity index (χ0) is 10.1. The van der Waals surface area contributed by atoms with E-state index in [4.69, 9.17) is 0 Å². The van der Waals surface area contributed by atoms with Crippen LogP contribution in [-0.2, 0) is 0 Å². The van der Waals surface area contributed by atoms with E-state index in [9.17, 15) is 0 Å². The molecule has 1 aliphatic heterocycles. The highest BCUT2D eigenvalue weighted by molar-refractivity contribution is 5.87. The number of piperazine rings is 1. The predicted molar refractivity (Wildman–Crippen MR) is 73.5 cm³/mol. The Hall–Kier alpha value is -1.04. The van der Waals surface area contributed by atoms with Crippen LogP contribution in [0.2, 0.25) is 0 Å². The Morgan fingerprint density at radius 1 is 1.06 bits per heavy atom. The molecule has 0 spiro atoms. The molecule has 2 N–H and O–H groups in total. The summed E-state index contributed by atoms with van der Waals surface area (Å²) in [5.41, 5.74) is 3.09. The Balaban J connectivity index is 0.000000722. The van der Waals surface area contributed by atoms with Gasteiger partial charge < -0.3 is 10.2 Å². The quantitative estimate of drug-likeness (QED) is 0.822. The molecule has 5 nitrogen and oxygen atoms in total. The number of nitrogens with zero attached hydrogens (tertiary/aromatic N) is 3. The average molecular weight is 276 g/mol. The number of benzene rings is 1. The molecular weight excluding hydrogens is 261 g/mol. The maximum atomic E-state index is 4.20. The van der Waals surface area contributed by atoms with Crippen molar-refractivity contribution in [1.82, 2.24) is 20.7 Å². The molecule has 94 valence electrons. The van der Waals surface area contributed by atoms with Crippen molar-refractivity contribution in [3.63, 3.8) is 0 Å². The van der Waals surface area contributed by atoms with Crippen LogP contribution in [0.1, 0.15) is 0 Å². The van der Waals surface area contributed by atoms with Crippen LogP contribution in [0.25, 0.3) is 11.0 Å². The molecule has 0 amide bonds. The van der Waals surface area contributed by atoms with Crippen LogP contribution in [0.15, 0.2) is 18.2 Å². The van der Waals surface area contributed by atoms with Crippen LogP contribution >= 0.6 is 24.8 Å². The molecule has 0 radical (unpaired) electrons. The summed E-state index contributed by atoms with van der Waals surface area (Å²) in [6, 6.07) is 6.11. The fourth-order valence-corrected chi connectivity index (χ4v) is 2.01. The first-order valence-electron chi connectivity index (χ1n) is 5.20. The molecule has 0 aliphatic carbocycles. The van der Waals surface area contributed by atoms with Gasteiger partial charge in [-0.2, -0.15) is 15.4 Å². The maximum Gasteiger partial charge on any atom is 0.136 e. The van der Waals surface area contributed by atoms with Crippen LogP contribution in [-0.4, -0.2) is 41.6 Å². The van der Waals surface area contributed by atoms with Gasteiger partial charge in [-0.3, -0.25) is 0 Å². The van der Waals surface area contributed by atoms with E-state index in [2.05, 4.69) is 31.7 Å². The molecule has 1 aromatic carbocycles. The van der Waals surface area contributed by atoms with E-state index in [1.807, 2.05) is 12.1 Å². The molecule has 7 heteroatoms. The number of rotatable bonds is 1. The number of nitrogens with one attached hydrogen (secondary N) is 2. The summed E-state index contributed by atoms with van der Waals surface area (Å²) in [7, 11) is 0. The van der Waals surface area contributed by atoms with E-state index < -0.39 is 0 Å². The van der Waals surface area contributed by atoms with Crippen molar-refractivity contribution in [3.05, 3.63) is 18.2 Å². The third-order valence-corrected chi connectivity index (χ3v) is 2.78. The van der Waals surface area contributed by atoms with E-state index in [0.717, 1.165) is 37.2 Å². The van der Waals surface area contributed by atoms with E-state index >= 15 is 0 Å². The zero-order valence-electron chi connectivity index (χ0n) is 9.22. The van der Waals surface area contributed by atoms with Crippen molar-refractivity contribution in [3.8, 4) is 0 Å². The van der Waals surface area contributed by atoms with Crippen LogP contribution in [0.3, 0.4) is 0 Å². The van der Waals surface area contributed by atoms with Crippen molar-refractivity contribution in [2.24, 2.45) is 0 Å². The second-order valence-electron chi connectivity index (χ2n) is 3.71. The van der Waals surface area contributed by atoms with Gasteiger partial charge in [-0.25, -0.2) is 0 Å². The molecular formula is C10H15Cl2N5. The van der Waals surface area contributed by atoms with Gasteiger partial charge in [0.15, 0.2) is 0 Å². The first-order chi connectivity index (χ1) is 7.45. The third-order valence-electron chi connectivity index (χ3n) is 2.78. The highest BCUT2D eigenvalue weighted by Gasteiger charge is 2.14. The number of hydrogen-bond acceptors (Lipinski definition) is 4. The molecule has 1 aliphatic rings. The number of aromatic nitrogens is 3. The van der Waals surface area contributed by atoms with Gasteiger partial charge in [0.05, 0.1) is 5.69 Å². The molecule has 3 rings (SSSR count). The molecule has 2 heterocycles. The summed E-state index contributed by atoms with van der Waals surface area (Å²) >= 11 is 0. The highest BCUT2D eigenvalue weighted by atomic mass is 35.5. The second-order valence-corrected chi connectivity index (χ2v) is 3.71. The second kappa shape index (κ2) is 6.05. The summed E-state index contributed by atoms with van der Waals surface area (Å²) in [6.07, 6.45) is 0. The van der Waals surface area contributed by atoms with Crippen molar-refractivity contribution < 1.29 is 0 Å². The van der Waals surface area contributed by atoms with Crippen LogP contribution < -0.4 is 10.2 Å². The van der Waals surface area contributed by atoms with Gasteiger partial charge >= 0.3 is 0 Å². The topological polar surface area (TPSA) is 56.8 Å². The third kappa shape index (κ3) is 2.62. The number of anilines is 1. The van der Waals surface area contributed by atoms with Gasteiger partial charge in [-0.15, -0.1) is 24.8 Å². The minimum absolute atomic E-state index is 0. The fourth-order valence-electron chi connectivity index (χ4n) is 2.01. The van der Waals surface area contributed by atoms with Crippen molar-refractivity contribution in [2.75, 3.05) is 31.1 Å². The maximum absolute atomic E-state index is 4.20. The standard InChI is InChI=1S/C10H13N5.2ClH/c1-2-8-10(13-14-12-8)9(3-1)15-6-4-11-5-7-15;;/h1-3,11H,4-7H2,(H,12,13,14);2*1H. The van der Waals surface area contributed by atoms with Crippen molar-refractivity contribution >= 4 is 41.5 Å². The predicted octanol–water partition coefficient (Wildman–Crippen LogP) is 1.21. The molecule has 1 aromatic heterocycles. The van der Waals surface area contributed by atoms with Gasteiger partial charge in [-0.1, -0.05) is 6.07 Å². The average Bonchev–Trinajstić information content (AvgIpc) is 2.78. The first kappa shape index (κ1) is 14.0. The number of para-hydroxylation sites is 1. The number of fused-ring (bicyclic) bond motifs is 1. The lowest BCUT2D eigenvalue weighted by Gasteiger charge is -2.29. The molecule has 0 saturated carbocycles. The van der Waals surface area contributed by atoms with Gasteiger partial charge in [0, 0.05) is 26.2 Å². The Morgan fingerprint density at radius 2 is 1.82 bits per heavy atom. The lowest BCUT2D eigenvalue weighted by molar-refractivity contribution is 0.590. The lowest BCUT2D eigenvalue weighted by atomic mass is 10.2. The Kier molecular flexibility index (Phi) is 4.99. The number of halogens is 2. The summed E-state index contributed by atoms with van der Waals surface area (Å²) in [4.78, 5) is 2.35. The van der Waals surface area contributed by atoms with Gasteiger partial charge in [-0.05, 0) is 12.1 Å². The van der Waals surface area contributed by atoms with Crippen LogP contribution in [0, 0.1) is 0 Å². The summed E-state index contributed by atoms with van der Waals surface area (Å²) in [6.45, 7) is 4.14. The number of hydrogen-bond donors (Lipinski definition) is 2. The van der Waals surface area contributed by atoms with Gasteiger partial charge in [0.2, 0.25) is 0 Å². The van der Waals surface area contributed by atoms with E-state index in [1.165, 1.54) is 5.69 Å². The molecule has 0 unspecified atom stereocenters. The minimum Gasteiger partial charge on any atom is -0.367 e. The molecule has 1 saturated heterocycles. The first-order valence-corrected chi connectivity index (χ1v) is 5.20. The summed E-state index contributed by atoms with van der Waals surface area (Å²) in [5.74, 6) is 0. The van der Waals surface area contributed by atoms with Gasteiger partial charge in [0.1, 0.15) is 11.0 Å². The molecule has 17 heavy (non-hydrogen) atoms. The Labute approximate surface area is 112 Å². The van der Waals surface area contributed by atoms with Crippen LogP contribution in [0.5, 0.6) is 0 Å². The normalized spacial score (nSPS) is 15.2. The van der Waals surface area contributed by atoms with Crippen LogP contribution in [0.4, 0.5) is 5.69 Å². The summed E-state index contributed by atoms with van der Waals surface area (Å²) < 4.78 is 0. The fraction of sp³-hybridized carbons (Fsp3) is 0.400. The zero-order valence-corrected chi connectivity index (χ0v) is 10.9. The monoisotopic (exact) mass is 275 g/mol. The molecule has 0 bridgehead atoms.